The van der Waals surface area contributed by atoms with Gasteiger partial charge in [-0.2, -0.15) is 4.31 Å². The second-order valence-corrected chi connectivity index (χ2v) is 10.5. The van der Waals surface area contributed by atoms with Crippen molar-refractivity contribution in [2.24, 2.45) is 0 Å². The molecule has 32 heavy (non-hydrogen) atoms. The Morgan fingerprint density at radius 3 is 2.38 bits per heavy atom. The van der Waals surface area contributed by atoms with Gasteiger partial charge >= 0.3 is 6.09 Å². The first kappa shape index (κ1) is 22.6. The van der Waals surface area contributed by atoms with Crippen LogP contribution in [-0.4, -0.2) is 45.1 Å². The third kappa shape index (κ3) is 3.65. The van der Waals surface area contributed by atoms with Crippen molar-refractivity contribution in [2.75, 3.05) is 25.1 Å². The van der Waals surface area contributed by atoms with Gasteiger partial charge in [0.15, 0.2) is 0 Å². The number of benzene rings is 2. The fourth-order valence-electron chi connectivity index (χ4n) is 4.91. The zero-order valence-corrected chi connectivity index (χ0v) is 20.1. The number of anilines is 1. The number of nitrogens with zero attached hydrogens (tertiary/aromatic N) is 2. The summed E-state index contributed by atoms with van der Waals surface area (Å²) in [5.74, 6) is 0.690. The highest BCUT2D eigenvalue weighted by Gasteiger charge is 2.38. The van der Waals surface area contributed by atoms with Crippen molar-refractivity contribution in [1.82, 2.24) is 4.31 Å². The molecule has 0 atom stereocenters. The number of sulfonamides is 1. The van der Waals surface area contributed by atoms with E-state index in [1.807, 2.05) is 39.0 Å². The molecule has 0 aromatic heterocycles. The van der Waals surface area contributed by atoms with Crippen molar-refractivity contribution < 1.29 is 22.7 Å². The molecule has 2 heterocycles. The van der Waals surface area contributed by atoms with Gasteiger partial charge in [-0.1, -0.05) is 18.2 Å². The van der Waals surface area contributed by atoms with Gasteiger partial charge in [-0.25, -0.2) is 13.2 Å². The Morgan fingerprint density at radius 1 is 1.03 bits per heavy atom. The van der Waals surface area contributed by atoms with E-state index in [2.05, 4.69) is 0 Å². The number of hydrogen-bond donors (Lipinski definition) is 0. The highest BCUT2D eigenvalue weighted by molar-refractivity contribution is 7.89. The van der Waals surface area contributed by atoms with Gasteiger partial charge in [-0.15, -0.1) is 0 Å². The Balaban J connectivity index is 1.59. The van der Waals surface area contributed by atoms with E-state index in [4.69, 9.17) is 9.47 Å². The van der Waals surface area contributed by atoms with Crippen LogP contribution >= 0.6 is 0 Å². The van der Waals surface area contributed by atoms with Crippen LogP contribution in [-0.2, 0) is 21.4 Å². The lowest BCUT2D eigenvalue weighted by atomic mass is 10.00. The number of ether oxygens (including phenoxy) is 2. The minimum Gasteiger partial charge on any atom is -0.496 e. The normalized spacial score (nSPS) is 17.8. The number of fused-ring (bicyclic) bond motifs is 1. The molecule has 4 rings (SSSR count). The van der Waals surface area contributed by atoms with E-state index in [1.165, 1.54) is 0 Å². The van der Waals surface area contributed by atoms with E-state index in [9.17, 15) is 13.2 Å². The summed E-state index contributed by atoms with van der Waals surface area (Å²) in [6.07, 6.45) is 0.746. The fraction of sp³-hybridized carbons (Fsp3) is 0.458. The largest absolute Gasteiger partial charge is 0.496 e. The van der Waals surface area contributed by atoms with Crippen molar-refractivity contribution in [3.63, 3.8) is 0 Å². The Bertz CT molecular complexity index is 1170. The van der Waals surface area contributed by atoms with E-state index < -0.39 is 10.0 Å². The van der Waals surface area contributed by atoms with Crippen molar-refractivity contribution in [2.45, 2.75) is 58.1 Å². The summed E-state index contributed by atoms with van der Waals surface area (Å²) in [5, 5.41) is 0. The maximum atomic E-state index is 13.6. The summed E-state index contributed by atoms with van der Waals surface area (Å²) in [7, 11) is -2.08. The van der Waals surface area contributed by atoms with Gasteiger partial charge in [-0.3, -0.25) is 4.90 Å². The molecule has 0 saturated carbocycles. The monoisotopic (exact) mass is 458 g/mol. The van der Waals surface area contributed by atoms with Gasteiger partial charge in [0, 0.05) is 24.7 Å². The first-order chi connectivity index (χ1) is 15.2. The molecule has 8 heteroatoms. The number of para-hydroxylation sites is 1. The average molecular weight is 459 g/mol. The van der Waals surface area contributed by atoms with Crippen molar-refractivity contribution in [3.8, 4) is 5.75 Å². The smallest absolute Gasteiger partial charge is 0.414 e. The van der Waals surface area contributed by atoms with E-state index in [1.54, 1.807) is 29.3 Å². The van der Waals surface area contributed by atoms with Crippen LogP contribution in [0.15, 0.2) is 29.2 Å². The predicted molar refractivity (Wildman–Crippen MR) is 123 cm³/mol. The Hall–Kier alpha value is -2.58. The maximum Gasteiger partial charge on any atom is 0.414 e. The topological polar surface area (TPSA) is 76.2 Å². The number of hydrogen-bond acceptors (Lipinski definition) is 5. The van der Waals surface area contributed by atoms with Crippen LogP contribution in [0.3, 0.4) is 0 Å². The first-order valence-corrected chi connectivity index (χ1v) is 12.3. The standard InChI is InChI=1S/C24H30N2O5S/c1-15-7-6-8-19-14-31-24(27)26(22(15)19)20-9-11-25(12-10-20)32(28,29)23-16(2)13-21(30-5)17(3)18(23)4/h6-8,13,20H,9-12,14H2,1-5H3. The molecule has 0 unspecified atom stereocenters. The summed E-state index contributed by atoms with van der Waals surface area (Å²) in [6, 6.07) is 7.60. The third-order valence-electron chi connectivity index (χ3n) is 6.69. The van der Waals surface area contributed by atoms with E-state index in [0.29, 0.717) is 47.7 Å². The van der Waals surface area contributed by atoms with E-state index >= 15 is 0 Å². The number of cyclic esters (lactones) is 1. The van der Waals surface area contributed by atoms with Crippen molar-refractivity contribution >= 4 is 21.8 Å². The van der Waals surface area contributed by atoms with E-state index in [0.717, 1.165) is 22.4 Å². The van der Waals surface area contributed by atoms with Gasteiger partial charge in [0.2, 0.25) is 10.0 Å². The molecule has 0 N–H and O–H groups in total. The molecule has 1 saturated heterocycles. The second-order valence-electron chi connectivity index (χ2n) is 8.62. The molecule has 0 bridgehead atoms. The molecule has 0 spiro atoms. The SMILES string of the molecule is COc1cc(C)c(S(=O)(=O)N2CCC(N3C(=O)OCc4cccc(C)c43)CC2)c(C)c1C. The Labute approximate surface area is 190 Å². The van der Waals surface area contributed by atoms with Crippen LogP contribution in [0, 0.1) is 27.7 Å². The van der Waals surface area contributed by atoms with Gasteiger partial charge in [0.05, 0.1) is 17.7 Å². The van der Waals surface area contributed by atoms with Gasteiger partial charge < -0.3 is 9.47 Å². The molecule has 0 aliphatic carbocycles. The van der Waals surface area contributed by atoms with Crippen molar-refractivity contribution in [1.29, 1.82) is 0 Å². The molecule has 1 fully saturated rings. The summed E-state index contributed by atoms with van der Waals surface area (Å²) >= 11 is 0. The summed E-state index contributed by atoms with van der Waals surface area (Å²) in [4.78, 5) is 14.7. The number of carbonyl (C=O) groups is 1. The van der Waals surface area contributed by atoms with Crippen molar-refractivity contribution in [3.05, 3.63) is 52.1 Å². The molecular formula is C24H30N2O5S. The first-order valence-electron chi connectivity index (χ1n) is 10.9. The minimum absolute atomic E-state index is 0.103. The van der Waals surface area contributed by atoms with Crippen LogP contribution in [0.2, 0.25) is 0 Å². The highest BCUT2D eigenvalue weighted by Crippen LogP contribution is 2.37. The molecule has 0 radical (unpaired) electrons. The Kier molecular flexibility index (Phi) is 5.94. The molecule has 2 aliphatic heterocycles. The molecule has 2 aromatic rings. The fourth-order valence-corrected chi connectivity index (χ4v) is 6.87. The quantitative estimate of drug-likeness (QED) is 0.685. The van der Waals surface area contributed by atoms with Crippen LogP contribution < -0.4 is 9.64 Å². The lowest BCUT2D eigenvalue weighted by molar-refractivity contribution is 0.135. The Morgan fingerprint density at radius 2 is 1.72 bits per heavy atom. The lowest BCUT2D eigenvalue weighted by Gasteiger charge is -2.40. The summed E-state index contributed by atoms with van der Waals surface area (Å²) in [5.41, 5.74) is 5.13. The maximum absolute atomic E-state index is 13.6. The molecule has 2 aliphatic rings. The summed E-state index contributed by atoms with van der Waals surface area (Å²) < 4.78 is 39.5. The number of methoxy groups -OCH3 is 1. The minimum atomic E-state index is -3.66. The van der Waals surface area contributed by atoms with Gasteiger partial charge in [0.25, 0.3) is 0 Å². The highest BCUT2D eigenvalue weighted by atomic mass is 32.2. The molecule has 172 valence electrons. The molecular weight excluding hydrogens is 428 g/mol. The number of carbonyl (C=O) groups excluding carboxylic acids is 1. The third-order valence-corrected chi connectivity index (χ3v) is 8.88. The van der Waals surface area contributed by atoms with Gasteiger partial charge in [-0.05, 0) is 68.9 Å². The number of amides is 1. The second kappa shape index (κ2) is 8.41. The van der Waals surface area contributed by atoms with Crippen LogP contribution in [0.4, 0.5) is 10.5 Å². The molecule has 1 amide bonds. The van der Waals surface area contributed by atoms with Crippen LogP contribution in [0.5, 0.6) is 5.75 Å². The van der Waals surface area contributed by atoms with Gasteiger partial charge in [0.1, 0.15) is 12.4 Å². The van der Waals surface area contributed by atoms with Crippen LogP contribution in [0.25, 0.3) is 0 Å². The van der Waals surface area contributed by atoms with E-state index in [-0.39, 0.29) is 18.7 Å². The lowest BCUT2D eigenvalue weighted by Crippen LogP contribution is -2.50. The number of piperidine rings is 1. The number of aryl methyl sites for hydroxylation is 2. The predicted octanol–water partition coefficient (Wildman–Crippen LogP) is 4.24. The summed E-state index contributed by atoms with van der Waals surface area (Å²) in [6.45, 7) is 8.47. The zero-order valence-electron chi connectivity index (χ0n) is 19.3. The number of rotatable bonds is 4. The van der Waals surface area contributed by atoms with Crippen LogP contribution in [0.1, 0.15) is 40.7 Å². The average Bonchev–Trinajstić information content (AvgIpc) is 2.76. The zero-order chi connectivity index (χ0) is 23.2. The molecule has 7 nitrogen and oxygen atoms in total. The molecule has 2 aromatic carbocycles.